The van der Waals surface area contributed by atoms with Gasteiger partial charge in [-0.15, -0.1) is 0 Å². The molecule has 18 heavy (non-hydrogen) atoms. The Morgan fingerprint density at radius 3 is 2.83 bits per heavy atom. The Bertz CT molecular complexity index is 397. The van der Waals surface area contributed by atoms with Gasteiger partial charge >= 0.3 is 0 Å². The molecule has 0 unspecified atom stereocenters. The third kappa shape index (κ3) is 5.36. The maximum Gasteiger partial charge on any atom is 0.178 e. The number of ether oxygens (including phenoxy) is 1. The summed E-state index contributed by atoms with van der Waals surface area (Å²) in [6.45, 7) is 4.41. The summed E-state index contributed by atoms with van der Waals surface area (Å²) in [5.74, 6) is -0.0342. The van der Waals surface area contributed by atoms with Crippen LogP contribution in [0.3, 0.4) is 0 Å². The number of carbonyl (C=O) groups is 1. The molecular weight excluding hydrogens is 273 g/mol. The van der Waals surface area contributed by atoms with Gasteiger partial charge in [-0.2, -0.15) is 0 Å². The Morgan fingerprint density at radius 2 is 2.17 bits per heavy atom. The first-order chi connectivity index (χ1) is 8.65. The van der Waals surface area contributed by atoms with Crippen LogP contribution in [0, 0.1) is 0 Å². The van der Waals surface area contributed by atoms with Gasteiger partial charge in [0.25, 0.3) is 0 Å². The van der Waals surface area contributed by atoms with Crippen LogP contribution in [0.1, 0.15) is 23.7 Å². The molecule has 1 aromatic rings. The number of ketones is 1. The van der Waals surface area contributed by atoms with Crippen LogP contribution >= 0.6 is 23.2 Å². The second kappa shape index (κ2) is 8.48. The van der Waals surface area contributed by atoms with E-state index in [2.05, 4.69) is 5.32 Å². The predicted octanol–water partition coefficient (Wildman–Crippen LogP) is 3.19. The lowest BCUT2D eigenvalue weighted by Crippen LogP contribution is -2.25. The van der Waals surface area contributed by atoms with Gasteiger partial charge in [0, 0.05) is 23.8 Å². The number of hydrogen-bond acceptors (Lipinski definition) is 3. The van der Waals surface area contributed by atoms with Crippen molar-refractivity contribution in [2.75, 3.05) is 26.3 Å². The third-order valence-electron chi connectivity index (χ3n) is 2.36. The van der Waals surface area contributed by atoms with E-state index in [0.29, 0.717) is 22.2 Å². The van der Waals surface area contributed by atoms with E-state index < -0.39 is 0 Å². The summed E-state index contributed by atoms with van der Waals surface area (Å²) in [6, 6.07) is 4.88. The van der Waals surface area contributed by atoms with Crippen LogP contribution < -0.4 is 5.32 Å². The topological polar surface area (TPSA) is 38.3 Å². The van der Waals surface area contributed by atoms with Gasteiger partial charge in [0.2, 0.25) is 0 Å². The van der Waals surface area contributed by atoms with Crippen LogP contribution in [0.2, 0.25) is 10.0 Å². The Labute approximate surface area is 117 Å². The molecule has 0 aliphatic heterocycles. The first-order valence-electron chi connectivity index (χ1n) is 5.92. The third-order valence-corrected chi connectivity index (χ3v) is 2.91. The van der Waals surface area contributed by atoms with Gasteiger partial charge in [-0.05, 0) is 38.1 Å². The average molecular weight is 290 g/mol. The molecule has 0 aromatic heterocycles. The lowest BCUT2D eigenvalue weighted by molar-refractivity contribution is 0.0988. The first-order valence-corrected chi connectivity index (χ1v) is 6.67. The molecule has 0 spiro atoms. The molecule has 0 saturated heterocycles. The molecule has 0 saturated carbocycles. The zero-order valence-corrected chi connectivity index (χ0v) is 11.9. The van der Waals surface area contributed by atoms with Crippen molar-refractivity contribution < 1.29 is 9.53 Å². The van der Waals surface area contributed by atoms with Crippen molar-refractivity contribution >= 4 is 29.0 Å². The fourth-order valence-electron chi connectivity index (χ4n) is 1.46. The summed E-state index contributed by atoms with van der Waals surface area (Å²) in [6.07, 6.45) is 0.884. The van der Waals surface area contributed by atoms with Crippen molar-refractivity contribution in [2.45, 2.75) is 13.3 Å². The molecular formula is C13H17Cl2NO2. The number of carbonyl (C=O) groups excluding carboxylic acids is 1. The van der Waals surface area contributed by atoms with E-state index in [0.717, 1.165) is 19.6 Å². The van der Waals surface area contributed by atoms with Crippen LogP contribution in [0.15, 0.2) is 18.2 Å². The highest BCUT2D eigenvalue weighted by Gasteiger charge is 2.09. The minimum atomic E-state index is -0.0342. The second-order valence-corrected chi connectivity index (χ2v) is 4.62. The quantitative estimate of drug-likeness (QED) is 0.590. The van der Waals surface area contributed by atoms with E-state index in [-0.39, 0.29) is 12.3 Å². The fourth-order valence-corrected chi connectivity index (χ4v) is 1.97. The Morgan fingerprint density at radius 1 is 1.39 bits per heavy atom. The highest BCUT2D eigenvalue weighted by molar-refractivity contribution is 6.36. The Balaban J connectivity index is 2.32. The largest absolute Gasteiger partial charge is 0.382 e. The molecule has 0 amide bonds. The highest BCUT2D eigenvalue weighted by Crippen LogP contribution is 2.21. The lowest BCUT2D eigenvalue weighted by atomic mass is 10.1. The molecule has 1 rings (SSSR count). The Hall–Kier alpha value is -0.610. The minimum absolute atomic E-state index is 0.0342. The van der Waals surface area contributed by atoms with Gasteiger partial charge in [-0.1, -0.05) is 23.2 Å². The van der Waals surface area contributed by atoms with Crippen molar-refractivity contribution in [1.29, 1.82) is 0 Å². The molecule has 0 bridgehead atoms. The summed E-state index contributed by atoms with van der Waals surface area (Å²) in [5, 5.41) is 3.98. The van der Waals surface area contributed by atoms with E-state index >= 15 is 0 Å². The molecule has 5 heteroatoms. The van der Waals surface area contributed by atoms with E-state index in [1.165, 1.54) is 0 Å². The molecule has 0 fully saturated rings. The van der Waals surface area contributed by atoms with Gasteiger partial charge in [0.1, 0.15) is 0 Å². The van der Waals surface area contributed by atoms with E-state index in [1.54, 1.807) is 18.2 Å². The highest BCUT2D eigenvalue weighted by atomic mass is 35.5. The van der Waals surface area contributed by atoms with Crippen LogP contribution in [0.25, 0.3) is 0 Å². The molecule has 1 aromatic carbocycles. The normalized spacial score (nSPS) is 10.6. The van der Waals surface area contributed by atoms with Crippen LogP contribution in [0.5, 0.6) is 0 Å². The van der Waals surface area contributed by atoms with Crippen molar-refractivity contribution in [3.8, 4) is 0 Å². The molecule has 1 N–H and O–H groups in total. The average Bonchev–Trinajstić information content (AvgIpc) is 2.33. The number of benzene rings is 1. The standard InChI is InChI=1S/C13H17Cl2NO2/c1-2-18-7-3-6-16-9-13(17)11-5-4-10(14)8-12(11)15/h4-5,8,16H,2-3,6-7,9H2,1H3. The molecule has 100 valence electrons. The van der Waals surface area contributed by atoms with Gasteiger partial charge in [-0.25, -0.2) is 0 Å². The summed E-state index contributed by atoms with van der Waals surface area (Å²) in [4.78, 5) is 11.8. The Kier molecular flexibility index (Phi) is 7.28. The molecule has 3 nitrogen and oxygen atoms in total. The zero-order valence-electron chi connectivity index (χ0n) is 10.3. The molecule has 0 aliphatic rings. The molecule has 0 heterocycles. The SMILES string of the molecule is CCOCCCNCC(=O)c1ccc(Cl)cc1Cl. The van der Waals surface area contributed by atoms with Gasteiger partial charge in [-0.3, -0.25) is 4.79 Å². The van der Waals surface area contributed by atoms with E-state index in [4.69, 9.17) is 27.9 Å². The number of halogens is 2. The smallest absolute Gasteiger partial charge is 0.178 e. The number of Topliss-reactive ketones (excluding diaryl/α,β-unsaturated/α-hetero) is 1. The van der Waals surface area contributed by atoms with Crippen molar-refractivity contribution in [1.82, 2.24) is 5.32 Å². The maximum atomic E-state index is 11.8. The van der Waals surface area contributed by atoms with Gasteiger partial charge < -0.3 is 10.1 Å². The van der Waals surface area contributed by atoms with Crippen LogP contribution in [-0.4, -0.2) is 32.1 Å². The van der Waals surface area contributed by atoms with Crippen LogP contribution in [-0.2, 0) is 4.74 Å². The first kappa shape index (κ1) is 15.4. The fraction of sp³-hybridized carbons (Fsp3) is 0.462. The number of hydrogen-bond donors (Lipinski definition) is 1. The zero-order chi connectivity index (χ0) is 13.4. The molecule has 0 atom stereocenters. The van der Waals surface area contributed by atoms with E-state index in [1.807, 2.05) is 6.92 Å². The van der Waals surface area contributed by atoms with Crippen LogP contribution in [0.4, 0.5) is 0 Å². The lowest BCUT2D eigenvalue weighted by Gasteiger charge is -2.06. The second-order valence-electron chi connectivity index (χ2n) is 3.77. The molecule has 0 aliphatic carbocycles. The summed E-state index contributed by atoms with van der Waals surface area (Å²) < 4.78 is 5.20. The predicted molar refractivity (Wildman–Crippen MR) is 74.8 cm³/mol. The van der Waals surface area contributed by atoms with Gasteiger partial charge in [0.15, 0.2) is 5.78 Å². The van der Waals surface area contributed by atoms with E-state index in [9.17, 15) is 4.79 Å². The minimum Gasteiger partial charge on any atom is -0.382 e. The molecule has 0 radical (unpaired) electrons. The van der Waals surface area contributed by atoms with Gasteiger partial charge in [0.05, 0.1) is 11.6 Å². The summed E-state index contributed by atoms with van der Waals surface area (Å²) in [5.41, 5.74) is 0.498. The van der Waals surface area contributed by atoms with Crippen molar-refractivity contribution in [2.24, 2.45) is 0 Å². The number of rotatable bonds is 8. The monoisotopic (exact) mass is 289 g/mol. The van der Waals surface area contributed by atoms with Crippen molar-refractivity contribution in [3.63, 3.8) is 0 Å². The summed E-state index contributed by atoms with van der Waals surface area (Å²) in [7, 11) is 0. The van der Waals surface area contributed by atoms with Crippen molar-refractivity contribution in [3.05, 3.63) is 33.8 Å². The summed E-state index contributed by atoms with van der Waals surface area (Å²) >= 11 is 11.7. The maximum absolute atomic E-state index is 11.8. The number of nitrogens with one attached hydrogen (secondary N) is 1.